The van der Waals surface area contributed by atoms with Gasteiger partial charge in [-0.3, -0.25) is 4.79 Å². The molecule has 1 amide bonds. The Kier molecular flexibility index (Phi) is 4.64. The first-order chi connectivity index (χ1) is 7.86. The molecule has 1 heterocycles. The number of carbonyl (C=O) groups is 1. The maximum Gasteiger partial charge on any atom is 0.236 e. The molecule has 1 saturated carbocycles. The smallest absolute Gasteiger partial charge is 0.236 e. The molecule has 16 heavy (non-hydrogen) atoms. The fourth-order valence-corrected chi connectivity index (χ4v) is 2.37. The highest BCUT2D eigenvalue weighted by molar-refractivity contribution is 5.78. The summed E-state index contributed by atoms with van der Waals surface area (Å²) in [6, 6.07) is 0. The van der Waals surface area contributed by atoms with Crippen molar-refractivity contribution in [1.29, 1.82) is 0 Å². The molecule has 3 nitrogen and oxygen atoms in total. The molecule has 1 saturated heterocycles. The van der Waals surface area contributed by atoms with Gasteiger partial charge in [0, 0.05) is 13.1 Å². The Bertz CT molecular complexity index is 220. The van der Waals surface area contributed by atoms with Crippen LogP contribution in [0.15, 0.2) is 0 Å². The Hall–Kier alpha value is -0.570. The Morgan fingerprint density at radius 3 is 2.62 bits per heavy atom. The summed E-state index contributed by atoms with van der Waals surface area (Å²) in [7, 11) is 0. The summed E-state index contributed by atoms with van der Waals surface area (Å²) in [4.78, 5) is 13.8. The molecule has 0 spiro atoms. The molecule has 1 N–H and O–H groups in total. The largest absolute Gasteiger partial charge is 0.342 e. The molecule has 1 aliphatic heterocycles. The maximum absolute atomic E-state index is 11.8. The van der Waals surface area contributed by atoms with Gasteiger partial charge in [-0.25, -0.2) is 0 Å². The average molecular weight is 224 g/mol. The van der Waals surface area contributed by atoms with Crippen molar-refractivity contribution in [3.05, 3.63) is 0 Å². The summed E-state index contributed by atoms with van der Waals surface area (Å²) in [5.41, 5.74) is 0. The zero-order chi connectivity index (χ0) is 11.2. The van der Waals surface area contributed by atoms with E-state index in [1.54, 1.807) is 0 Å². The number of piperidine rings is 1. The summed E-state index contributed by atoms with van der Waals surface area (Å²) in [6.45, 7) is 3.51. The summed E-state index contributed by atoms with van der Waals surface area (Å²) in [5.74, 6) is 1.31. The van der Waals surface area contributed by atoms with Crippen LogP contribution in [0.3, 0.4) is 0 Å². The van der Waals surface area contributed by atoms with Crippen LogP contribution in [0.5, 0.6) is 0 Å². The van der Waals surface area contributed by atoms with Crippen molar-refractivity contribution in [3.8, 4) is 0 Å². The summed E-state index contributed by atoms with van der Waals surface area (Å²) >= 11 is 0. The van der Waals surface area contributed by atoms with Gasteiger partial charge in [-0.1, -0.05) is 12.8 Å². The lowest BCUT2D eigenvalue weighted by Gasteiger charge is -2.26. The molecule has 0 aromatic carbocycles. The number of carbonyl (C=O) groups excluding carboxylic acids is 1. The van der Waals surface area contributed by atoms with Crippen LogP contribution in [0.4, 0.5) is 0 Å². The summed E-state index contributed by atoms with van der Waals surface area (Å²) < 4.78 is 0. The van der Waals surface area contributed by atoms with E-state index in [0.29, 0.717) is 12.5 Å². The van der Waals surface area contributed by atoms with Crippen LogP contribution in [0.25, 0.3) is 0 Å². The van der Waals surface area contributed by atoms with Crippen molar-refractivity contribution in [2.24, 2.45) is 5.92 Å². The van der Waals surface area contributed by atoms with Gasteiger partial charge in [-0.2, -0.15) is 0 Å². The first-order valence-corrected chi connectivity index (χ1v) is 6.85. The zero-order valence-corrected chi connectivity index (χ0v) is 10.2. The number of hydrogen-bond donors (Lipinski definition) is 1. The highest BCUT2D eigenvalue weighted by atomic mass is 16.2. The van der Waals surface area contributed by atoms with Crippen LogP contribution in [0.1, 0.15) is 44.9 Å². The predicted molar refractivity (Wildman–Crippen MR) is 65.3 cm³/mol. The van der Waals surface area contributed by atoms with Gasteiger partial charge in [-0.15, -0.1) is 0 Å². The number of amides is 1. The highest BCUT2D eigenvalue weighted by Gasteiger charge is 2.20. The molecule has 0 aromatic heterocycles. The van der Waals surface area contributed by atoms with Gasteiger partial charge in [0.15, 0.2) is 0 Å². The van der Waals surface area contributed by atoms with Gasteiger partial charge in [-0.05, 0) is 44.6 Å². The second kappa shape index (κ2) is 6.24. The lowest BCUT2D eigenvalue weighted by molar-refractivity contribution is -0.131. The minimum Gasteiger partial charge on any atom is -0.342 e. The third-order valence-corrected chi connectivity index (χ3v) is 3.65. The molecule has 2 aliphatic rings. The molecule has 0 radical (unpaired) electrons. The second-order valence-electron chi connectivity index (χ2n) is 5.20. The molecule has 2 fully saturated rings. The van der Waals surface area contributed by atoms with Crippen LogP contribution in [0.2, 0.25) is 0 Å². The van der Waals surface area contributed by atoms with E-state index in [9.17, 15) is 4.79 Å². The highest BCUT2D eigenvalue weighted by Crippen LogP contribution is 2.33. The third kappa shape index (κ3) is 4.12. The number of nitrogens with zero attached hydrogens (tertiary/aromatic N) is 1. The molecule has 0 aromatic rings. The van der Waals surface area contributed by atoms with Crippen molar-refractivity contribution in [1.82, 2.24) is 10.2 Å². The van der Waals surface area contributed by atoms with E-state index >= 15 is 0 Å². The standard InChI is InChI=1S/C13H24N2O/c16-13(15-9-2-1-3-10-15)11-14-8-4-5-12-6-7-12/h12,14H,1-11H2. The first kappa shape index (κ1) is 11.9. The van der Waals surface area contributed by atoms with Gasteiger partial charge < -0.3 is 10.2 Å². The van der Waals surface area contributed by atoms with Crippen LogP contribution >= 0.6 is 0 Å². The third-order valence-electron chi connectivity index (χ3n) is 3.65. The number of likely N-dealkylation sites (tertiary alicyclic amines) is 1. The van der Waals surface area contributed by atoms with E-state index in [1.165, 1.54) is 44.9 Å². The minimum atomic E-state index is 0.297. The van der Waals surface area contributed by atoms with E-state index in [2.05, 4.69) is 5.32 Å². The van der Waals surface area contributed by atoms with Crippen LogP contribution in [0, 0.1) is 5.92 Å². The monoisotopic (exact) mass is 224 g/mol. The van der Waals surface area contributed by atoms with Crippen LogP contribution in [-0.4, -0.2) is 37.0 Å². The van der Waals surface area contributed by atoms with Gasteiger partial charge >= 0.3 is 0 Å². The van der Waals surface area contributed by atoms with E-state index in [1.807, 2.05) is 4.90 Å². The number of hydrogen-bond acceptors (Lipinski definition) is 2. The second-order valence-corrected chi connectivity index (χ2v) is 5.20. The fourth-order valence-electron chi connectivity index (χ4n) is 2.37. The van der Waals surface area contributed by atoms with Gasteiger partial charge in [0.05, 0.1) is 6.54 Å². The van der Waals surface area contributed by atoms with E-state index in [4.69, 9.17) is 0 Å². The van der Waals surface area contributed by atoms with E-state index in [0.717, 1.165) is 25.6 Å². The molecule has 1 aliphatic carbocycles. The normalized spacial score (nSPS) is 21.1. The molecule has 3 heteroatoms. The molecular weight excluding hydrogens is 200 g/mol. The SMILES string of the molecule is O=C(CNCCCC1CC1)N1CCCCC1. The Balaban J connectivity index is 1.48. The Morgan fingerprint density at radius 1 is 1.19 bits per heavy atom. The van der Waals surface area contributed by atoms with Crippen molar-refractivity contribution in [2.75, 3.05) is 26.2 Å². The Morgan fingerprint density at radius 2 is 1.94 bits per heavy atom. The maximum atomic E-state index is 11.8. The summed E-state index contributed by atoms with van der Waals surface area (Å²) in [5, 5.41) is 3.27. The van der Waals surface area contributed by atoms with E-state index in [-0.39, 0.29) is 0 Å². The van der Waals surface area contributed by atoms with Gasteiger partial charge in [0.2, 0.25) is 5.91 Å². The average Bonchev–Trinajstić information content (AvgIpc) is 3.13. The molecule has 0 unspecified atom stereocenters. The van der Waals surface area contributed by atoms with Crippen molar-refractivity contribution >= 4 is 5.91 Å². The van der Waals surface area contributed by atoms with Crippen molar-refractivity contribution < 1.29 is 4.79 Å². The number of rotatable bonds is 6. The molecular formula is C13H24N2O. The molecule has 92 valence electrons. The van der Waals surface area contributed by atoms with Gasteiger partial charge in [0.25, 0.3) is 0 Å². The van der Waals surface area contributed by atoms with Crippen molar-refractivity contribution in [3.63, 3.8) is 0 Å². The van der Waals surface area contributed by atoms with Crippen LogP contribution < -0.4 is 5.32 Å². The van der Waals surface area contributed by atoms with Crippen LogP contribution in [-0.2, 0) is 4.79 Å². The lowest BCUT2D eigenvalue weighted by atomic mass is 10.1. The predicted octanol–water partition coefficient (Wildman–Crippen LogP) is 1.78. The lowest BCUT2D eigenvalue weighted by Crippen LogP contribution is -2.41. The topological polar surface area (TPSA) is 32.3 Å². The fraction of sp³-hybridized carbons (Fsp3) is 0.923. The van der Waals surface area contributed by atoms with Crippen molar-refractivity contribution in [2.45, 2.75) is 44.9 Å². The molecule has 0 atom stereocenters. The summed E-state index contributed by atoms with van der Waals surface area (Å²) in [6.07, 6.45) is 9.13. The minimum absolute atomic E-state index is 0.297. The van der Waals surface area contributed by atoms with E-state index < -0.39 is 0 Å². The van der Waals surface area contributed by atoms with Gasteiger partial charge in [0.1, 0.15) is 0 Å². The molecule has 2 rings (SSSR count). The Labute approximate surface area is 98.6 Å². The number of nitrogens with one attached hydrogen (secondary N) is 1. The first-order valence-electron chi connectivity index (χ1n) is 6.85. The molecule has 0 bridgehead atoms. The quantitative estimate of drug-likeness (QED) is 0.698. The zero-order valence-electron chi connectivity index (χ0n) is 10.2.